The number of nitrogens with one attached hydrogen (secondary N) is 2. The van der Waals surface area contributed by atoms with Crippen LogP contribution in [0.3, 0.4) is 0 Å². The van der Waals surface area contributed by atoms with Crippen LogP contribution in [-0.4, -0.2) is 30.8 Å². The maximum Gasteiger partial charge on any atom is 0.124 e. The zero-order chi connectivity index (χ0) is 16.3. The molecule has 2 rings (SSSR count). The zero-order valence-corrected chi connectivity index (χ0v) is 13.7. The van der Waals surface area contributed by atoms with Crippen molar-refractivity contribution in [3.8, 4) is 5.75 Å². The summed E-state index contributed by atoms with van der Waals surface area (Å²) in [5.74, 6) is 0.917. The maximum atomic E-state index is 9.18. The average molecular weight is 314 g/mol. The monoisotopic (exact) mass is 314 g/mol. The first-order valence-electron chi connectivity index (χ1n) is 8.10. The minimum atomic E-state index is -0.304. The van der Waals surface area contributed by atoms with Crippen molar-refractivity contribution >= 4 is 0 Å². The number of para-hydroxylation sites is 1. The minimum Gasteiger partial charge on any atom is -0.489 e. The van der Waals surface area contributed by atoms with E-state index in [4.69, 9.17) is 4.74 Å². The Morgan fingerprint density at radius 2 is 1.65 bits per heavy atom. The fourth-order valence-electron chi connectivity index (χ4n) is 2.24. The lowest BCUT2D eigenvalue weighted by molar-refractivity contribution is 0.191. The summed E-state index contributed by atoms with van der Waals surface area (Å²) in [6, 6.07) is 18.3. The highest BCUT2D eigenvalue weighted by molar-refractivity contribution is 5.33. The van der Waals surface area contributed by atoms with Crippen LogP contribution < -0.4 is 15.4 Å². The lowest BCUT2D eigenvalue weighted by Crippen LogP contribution is -2.31. The molecule has 2 aromatic carbocycles. The molecule has 23 heavy (non-hydrogen) atoms. The predicted octanol–water partition coefficient (Wildman–Crippen LogP) is 2.33. The van der Waals surface area contributed by atoms with Gasteiger partial charge in [-0.1, -0.05) is 48.5 Å². The van der Waals surface area contributed by atoms with E-state index in [2.05, 4.69) is 28.8 Å². The summed E-state index contributed by atoms with van der Waals surface area (Å²) in [5, 5.41) is 15.8. The summed E-state index contributed by atoms with van der Waals surface area (Å²) in [5.41, 5.74) is 2.32. The summed E-state index contributed by atoms with van der Waals surface area (Å²) < 4.78 is 5.94. The molecular formula is C19H26N2O2. The first-order chi connectivity index (χ1) is 11.3. The lowest BCUT2D eigenvalue weighted by Gasteiger charge is -2.13. The van der Waals surface area contributed by atoms with E-state index in [1.54, 1.807) is 6.92 Å². The van der Waals surface area contributed by atoms with E-state index in [1.165, 1.54) is 0 Å². The molecule has 4 heteroatoms. The summed E-state index contributed by atoms with van der Waals surface area (Å²) in [6.45, 7) is 5.42. The molecule has 0 heterocycles. The zero-order valence-electron chi connectivity index (χ0n) is 13.7. The maximum absolute atomic E-state index is 9.18. The van der Waals surface area contributed by atoms with Crippen LogP contribution in [0.4, 0.5) is 0 Å². The molecule has 0 aromatic heterocycles. The van der Waals surface area contributed by atoms with Gasteiger partial charge in [0.25, 0.3) is 0 Å². The number of hydrogen-bond acceptors (Lipinski definition) is 4. The normalized spacial score (nSPS) is 12.1. The Bertz CT molecular complexity index is 558. The second-order valence-corrected chi connectivity index (χ2v) is 5.61. The number of benzene rings is 2. The molecule has 0 spiro atoms. The summed E-state index contributed by atoms with van der Waals surface area (Å²) >= 11 is 0. The van der Waals surface area contributed by atoms with Crippen molar-refractivity contribution in [2.24, 2.45) is 0 Å². The molecule has 0 unspecified atom stereocenters. The van der Waals surface area contributed by atoms with Crippen LogP contribution in [0.5, 0.6) is 5.75 Å². The fourth-order valence-corrected chi connectivity index (χ4v) is 2.24. The Balaban J connectivity index is 1.76. The van der Waals surface area contributed by atoms with Crippen LogP contribution in [0, 0.1) is 0 Å². The van der Waals surface area contributed by atoms with Crippen LogP contribution >= 0.6 is 0 Å². The highest BCUT2D eigenvalue weighted by Gasteiger charge is 2.03. The molecule has 2 aromatic rings. The number of hydrogen-bond donors (Lipinski definition) is 3. The van der Waals surface area contributed by atoms with Crippen molar-refractivity contribution in [1.82, 2.24) is 10.6 Å². The SMILES string of the molecule is C[C@H](O)CNCCNCc1ccccc1OCc1ccccc1. The fraction of sp³-hybridized carbons (Fsp3) is 0.368. The third-order valence-corrected chi connectivity index (χ3v) is 3.44. The van der Waals surface area contributed by atoms with Crippen LogP contribution in [0.15, 0.2) is 54.6 Å². The Labute approximate surface area is 138 Å². The van der Waals surface area contributed by atoms with Gasteiger partial charge in [-0.25, -0.2) is 0 Å². The lowest BCUT2D eigenvalue weighted by atomic mass is 10.2. The molecule has 0 radical (unpaired) electrons. The second kappa shape index (κ2) is 10.0. The van der Waals surface area contributed by atoms with Gasteiger partial charge in [0.15, 0.2) is 0 Å². The van der Waals surface area contributed by atoms with Crippen LogP contribution in [0.1, 0.15) is 18.1 Å². The Hall–Kier alpha value is -1.88. The van der Waals surface area contributed by atoms with Crippen LogP contribution in [-0.2, 0) is 13.2 Å². The van der Waals surface area contributed by atoms with Crippen LogP contribution in [0.2, 0.25) is 0 Å². The van der Waals surface area contributed by atoms with Crippen LogP contribution in [0.25, 0.3) is 0 Å². The third-order valence-electron chi connectivity index (χ3n) is 3.44. The molecule has 0 aliphatic heterocycles. The van der Waals surface area contributed by atoms with Gasteiger partial charge < -0.3 is 20.5 Å². The first-order valence-corrected chi connectivity index (χ1v) is 8.10. The molecule has 0 amide bonds. The molecule has 1 atom stereocenters. The average Bonchev–Trinajstić information content (AvgIpc) is 2.57. The Morgan fingerprint density at radius 1 is 0.957 bits per heavy atom. The molecule has 124 valence electrons. The van der Waals surface area contributed by atoms with Crippen molar-refractivity contribution in [2.75, 3.05) is 19.6 Å². The first kappa shape index (κ1) is 17.5. The molecule has 0 saturated carbocycles. The minimum absolute atomic E-state index is 0.304. The quantitative estimate of drug-likeness (QED) is 0.589. The van der Waals surface area contributed by atoms with E-state index < -0.39 is 0 Å². The molecule has 0 fully saturated rings. The van der Waals surface area contributed by atoms with E-state index in [0.717, 1.165) is 36.5 Å². The topological polar surface area (TPSA) is 53.5 Å². The molecule has 0 saturated heterocycles. The van der Waals surface area contributed by atoms with Gasteiger partial charge in [-0.15, -0.1) is 0 Å². The van der Waals surface area contributed by atoms with Gasteiger partial charge in [-0.05, 0) is 18.6 Å². The van der Waals surface area contributed by atoms with Gasteiger partial charge in [-0.3, -0.25) is 0 Å². The second-order valence-electron chi connectivity index (χ2n) is 5.61. The molecule has 3 N–H and O–H groups in total. The Morgan fingerprint density at radius 3 is 2.43 bits per heavy atom. The van der Waals surface area contributed by atoms with Gasteiger partial charge in [0.1, 0.15) is 12.4 Å². The predicted molar refractivity (Wildman–Crippen MR) is 93.5 cm³/mol. The number of aliphatic hydroxyl groups is 1. The van der Waals surface area contributed by atoms with Gasteiger partial charge in [-0.2, -0.15) is 0 Å². The smallest absolute Gasteiger partial charge is 0.124 e. The molecular weight excluding hydrogens is 288 g/mol. The standard InChI is InChI=1S/C19H26N2O2/c1-16(22)13-20-11-12-21-14-18-9-5-6-10-19(18)23-15-17-7-3-2-4-8-17/h2-10,16,20-22H,11-15H2,1H3/t16-/m0/s1. The van der Waals surface area contributed by atoms with Crippen molar-refractivity contribution in [3.05, 3.63) is 65.7 Å². The number of ether oxygens (including phenoxy) is 1. The summed E-state index contributed by atoms with van der Waals surface area (Å²) in [6.07, 6.45) is -0.304. The number of rotatable bonds is 10. The van der Waals surface area contributed by atoms with Crippen molar-refractivity contribution in [3.63, 3.8) is 0 Å². The Kier molecular flexibility index (Phi) is 7.60. The van der Waals surface area contributed by atoms with E-state index in [-0.39, 0.29) is 6.10 Å². The molecule has 0 bridgehead atoms. The van der Waals surface area contributed by atoms with E-state index in [1.807, 2.05) is 36.4 Å². The van der Waals surface area contributed by atoms with E-state index >= 15 is 0 Å². The molecule has 0 aliphatic carbocycles. The third kappa shape index (κ3) is 6.82. The number of aliphatic hydroxyl groups excluding tert-OH is 1. The van der Waals surface area contributed by atoms with E-state index in [0.29, 0.717) is 13.2 Å². The van der Waals surface area contributed by atoms with Crippen molar-refractivity contribution < 1.29 is 9.84 Å². The van der Waals surface area contributed by atoms with Gasteiger partial charge in [0.05, 0.1) is 6.10 Å². The largest absolute Gasteiger partial charge is 0.489 e. The van der Waals surface area contributed by atoms with E-state index in [9.17, 15) is 5.11 Å². The van der Waals surface area contributed by atoms with Crippen molar-refractivity contribution in [1.29, 1.82) is 0 Å². The van der Waals surface area contributed by atoms with Gasteiger partial charge in [0.2, 0.25) is 0 Å². The van der Waals surface area contributed by atoms with Gasteiger partial charge in [0, 0.05) is 31.7 Å². The molecule has 4 nitrogen and oxygen atoms in total. The highest BCUT2D eigenvalue weighted by Crippen LogP contribution is 2.19. The molecule has 0 aliphatic rings. The van der Waals surface area contributed by atoms with Gasteiger partial charge >= 0.3 is 0 Å². The summed E-state index contributed by atoms with van der Waals surface area (Å²) in [4.78, 5) is 0. The summed E-state index contributed by atoms with van der Waals surface area (Å²) in [7, 11) is 0. The highest BCUT2D eigenvalue weighted by atomic mass is 16.5. The van der Waals surface area contributed by atoms with Crippen molar-refractivity contribution in [2.45, 2.75) is 26.2 Å².